The number of benzene rings is 2. The normalized spacial score (nSPS) is 15.3. The van der Waals surface area contributed by atoms with Crippen molar-refractivity contribution in [2.75, 3.05) is 0 Å². The van der Waals surface area contributed by atoms with Gasteiger partial charge in [0.05, 0.1) is 0 Å². The Morgan fingerprint density at radius 1 is 1.06 bits per heavy atom. The van der Waals surface area contributed by atoms with Crippen molar-refractivity contribution in [1.82, 2.24) is 10.2 Å². The van der Waals surface area contributed by atoms with Crippen LogP contribution < -0.4 is 5.32 Å². The van der Waals surface area contributed by atoms with E-state index in [1.807, 2.05) is 31.2 Å². The first kappa shape index (κ1) is 23.0. The zero-order valence-corrected chi connectivity index (χ0v) is 18.6. The molecule has 2 aromatic carbocycles. The Morgan fingerprint density at radius 2 is 1.74 bits per heavy atom. The fourth-order valence-corrected chi connectivity index (χ4v) is 4.11. The molecule has 4 nitrogen and oxygen atoms in total. The van der Waals surface area contributed by atoms with E-state index in [9.17, 15) is 14.0 Å². The summed E-state index contributed by atoms with van der Waals surface area (Å²) in [6, 6.07) is 14.0. The van der Waals surface area contributed by atoms with Gasteiger partial charge in [0, 0.05) is 24.6 Å². The van der Waals surface area contributed by atoms with Crippen molar-refractivity contribution < 1.29 is 14.0 Å². The highest BCUT2D eigenvalue weighted by Gasteiger charge is 2.28. The molecule has 0 radical (unpaired) electrons. The van der Waals surface area contributed by atoms with E-state index in [1.54, 1.807) is 25.1 Å². The summed E-state index contributed by atoms with van der Waals surface area (Å²) in [4.78, 5) is 27.6. The zero-order valence-electron chi connectivity index (χ0n) is 18.6. The maximum atomic E-state index is 14.3. The number of carbonyl (C=O) groups excluding carboxylic acids is 2. The van der Waals surface area contributed by atoms with Crippen molar-refractivity contribution in [2.45, 2.75) is 77.4 Å². The van der Waals surface area contributed by atoms with Crippen LogP contribution in [0.15, 0.2) is 48.5 Å². The summed E-state index contributed by atoms with van der Waals surface area (Å²) in [6.07, 6.45) is 6.27. The smallest absolute Gasteiger partial charge is 0.242 e. The van der Waals surface area contributed by atoms with Gasteiger partial charge < -0.3 is 10.2 Å². The number of rotatable bonds is 8. The maximum Gasteiger partial charge on any atom is 0.242 e. The SMILES string of the molecule is Cc1ccc(CCC(=O)N(Cc2ccccc2F)C(C)C(=O)NC2CCCCC2)cc1. The Morgan fingerprint density at radius 3 is 2.42 bits per heavy atom. The van der Waals surface area contributed by atoms with Gasteiger partial charge in [-0.25, -0.2) is 4.39 Å². The lowest BCUT2D eigenvalue weighted by molar-refractivity contribution is -0.141. The Hall–Kier alpha value is -2.69. The van der Waals surface area contributed by atoms with Crippen LogP contribution in [0.3, 0.4) is 0 Å². The molecule has 0 aliphatic heterocycles. The standard InChI is InChI=1S/C26H33FN2O2/c1-19-12-14-21(15-13-19)16-17-25(30)29(18-22-8-6-7-11-24(22)27)20(2)26(31)28-23-9-4-3-5-10-23/h6-8,11-15,20,23H,3-5,9-10,16-18H2,1-2H3,(H,28,31). The molecule has 1 fully saturated rings. The molecule has 0 bridgehead atoms. The van der Waals surface area contributed by atoms with Crippen molar-refractivity contribution in [3.63, 3.8) is 0 Å². The van der Waals surface area contributed by atoms with E-state index in [-0.39, 0.29) is 36.6 Å². The van der Waals surface area contributed by atoms with Crippen molar-refractivity contribution in [3.05, 3.63) is 71.0 Å². The molecule has 2 amide bonds. The summed E-state index contributed by atoms with van der Waals surface area (Å²) in [5.74, 6) is -0.666. The second-order valence-corrected chi connectivity index (χ2v) is 8.62. The number of hydrogen-bond donors (Lipinski definition) is 1. The second-order valence-electron chi connectivity index (χ2n) is 8.62. The molecule has 0 aromatic heterocycles. The van der Waals surface area contributed by atoms with Gasteiger partial charge in [-0.1, -0.05) is 67.3 Å². The van der Waals surface area contributed by atoms with Crippen molar-refractivity contribution >= 4 is 11.8 Å². The fourth-order valence-electron chi connectivity index (χ4n) is 4.11. The quantitative estimate of drug-likeness (QED) is 0.653. The first-order valence-electron chi connectivity index (χ1n) is 11.3. The van der Waals surface area contributed by atoms with Gasteiger partial charge in [-0.3, -0.25) is 9.59 Å². The molecule has 3 rings (SSSR count). The lowest BCUT2D eigenvalue weighted by Gasteiger charge is -2.31. The number of aryl methyl sites for hydroxylation is 2. The van der Waals surface area contributed by atoms with E-state index < -0.39 is 6.04 Å². The zero-order chi connectivity index (χ0) is 22.2. The Labute approximate surface area is 184 Å². The third-order valence-electron chi connectivity index (χ3n) is 6.17. The third-order valence-corrected chi connectivity index (χ3v) is 6.17. The highest BCUT2D eigenvalue weighted by Crippen LogP contribution is 2.19. The first-order chi connectivity index (χ1) is 14.9. The Balaban J connectivity index is 1.71. The summed E-state index contributed by atoms with van der Waals surface area (Å²) in [5, 5.41) is 3.11. The first-order valence-corrected chi connectivity index (χ1v) is 11.3. The molecule has 1 aliphatic rings. The lowest BCUT2D eigenvalue weighted by atomic mass is 9.95. The van der Waals surface area contributed by atoms with Gasteiger partial charge in [0.1, 0.15) is 11.9 Å². The molecule has 1 N–H and O–H groups in total. The van der Waals surface area contributed by atoms with Crippen LogP contribution in [0.2, 0.25) is 0 Å². The number of halogens is 1. The number of carbonyl (C=O) groups is 2. The molecular weight excluding hydrogens is 391 g/mol. The predicted molar refractivity (Wildman–Crippen MR) is 121 cm³/mol. The van der Waals surface area contributed by atoms with Crippen molar-refractivity contribution in [3.8, 4) is 0 Å². The van der Waals surface area contributed by atoms with Crippen LogP contribution in [-0.4, -0.2) is 28.8 Å². The number of nitrogens with zero attached hydrogens (tertiary/aromatic N) is 1. The summed E-state index contributed by atoms with van der Waals surface area (Å²) < 4.78 is 14.3. The molecule has 0 spiro atoms. The molecule has 1 aliphatic carbocycles. The highest BCUT2D eigenvalue weighted by atomic mass is 19.1. The largest absolute Gasteiger partial charge is 0.352 e. The van der Waals surface area contributed by atoms with E-state index in [0.29, 0.717) is 12.0 Å². The van der Waals surface area contributed by atoms with Gasteiger partial charge in [0.15, 0.2) is 0 Å². The molecule has 0 heterocycles. The summed E-state index contributed by atoms with van der Waals surface area (Å²) in [5.41, 5.74) is 2.66. The van der Waals surface area contributed by atoms with Crippen LogP contribution in [0.4, 0.5) is 4.39 Å². The minimum absolute atomic E-state index is 0.0820. The average molecular weight is 425 g/mol. The molecule has 1 unspecified atom stereocenters. The molecule has 0 saturated heterocycles. The van der Waals surface area contributed by atoms with Gasteiger partial charge >= 0.3 is 0 Å². The van der Waals surface area contributed by atoms with Gasteiger partial charge in [-0.05, 0) is 44.7 Å². The van der Waals surface area contributed by atoms with Gasteiger partial charge in [0.2, 0.25) is 11.8 Å². The van der Waals surface area contributed by atoms with E-state index in [2.05, 4.69) is 5.32 Å². The van der Waals surface area contributed by atoms with E-state index in [0.717, 1.165) is 31.2 Å². The topological polar surface area (TPSA) is 49.4 Å². The summed E-state index contributed by atoms with van der Waals surface area (Å²) in [6.45, 7) is 3.85. The maximum absolute atomic E-state index is 14.3. The molecular formula is C26H33FN2O2. The molecule has 31 heavy (non-hydrogen) atoms. The Bertz CT molecular complexity index is 875. The van der Waals surface area contributed by atoms with Gasteiger partial charge in [0.25, 0.3) is 0 Å². The van der Waals surface area contributed by atoms with Crippen molar-refractivity contribution in [2.24, 2.45) is 0 Å². The van der Waals surface area contributed by atoms with E-state index in [4.69, 9.17) is 0 Å². The molecule has 1 saturated carbocycles. The molecule has 1 atom stereocenters. The summed E-state index contributed by atoms with van der Waals surface area (Å²) >= 11 is 0. The minimum Gasteiger partial charge on any atom is -0.352 e. The number of hydrogen-bond acceptors (Lipinski definition) is 2. The predicted octanol–water partition coefficient (Wildman–Crippen LogP) is 4.93. The van der Waals surface area contributed by atoms with Crippen LogP contribution in [0.1, 0.15) is 62.1 Å². The van der Waals surface area contributed by atoms with Gasteiger partial charge in [-0.15, -0.1) is 0 Å². The fraction of sp³-hybridized carbons (Fsp3) is 0.462. The monoisotopic (exact) mass is 424 g/mol. The van der Waals surface area contributed by atoms with Gasteiger partial charge in [-0.2, -0.15) is 0 Å². The van der Waals surface area contributed by atoms with Crippen LogP contribution in [-0.2, 0) is 22.6 Å². The van der Waals surface area contributed by atoms with Crippen LogP contribution in [0.25, 0.3) is 0 Å². The number of nitrogens with one attached hydrogen (secondary N) is 1. The second kappa shape index (κ2) is 11.1. The van der Waals surface area contributed by atoms with Crippen LogP contribution in [0.5, 0.6) is 0 Å². The molecule has 166 valence electrons. The summed E-state index contributed by atoms with van der Waals surface area (Å²) in [7, 11) is 0. The van der Waals surface area contributed by atoms with E-state index in [1.165, 1.54) is 23.0 Å². The average Bonchev–Trinajstić information content (AvgIpc) is 2.78. The number of amides is 2. The Kier molecular flexibility index (Phi) is 8.21. The lowest BCUT2D eigenvalue weighted by Crippen LogP contribution is -2.50. The molecule has 2 aromatic rings. The highest BCUT2D eigenvalue weighted by molar-refractivity contribution is 5.87. The van der Waals surface area contributed by atoms with E-state index >= 15 is 0 Å². The minimum atomic E-state index is -0.660. The van der Waals surface area contributed by atoms with Crippen molar-refractivity contribution in [1.29, 1.82) is 0 Å². The van der Waals surface area contributed by atoms with Crippen LogP contribution in [0, 0.1) is 12.7 Å². The molecule has 5 heteroatoms. The third kappa shape index (κ3) is 6.65. The van der Waals surface area contributed by atoms with Crippen LogP contribution >= 0.6 is 0 Å².